The van der Waals surface area contributed by atoms with Crippen LogP contribution in [0.4, 0.5) is 8.78 Å². The van der Waals surface area contributed by atoms with Crippen molar-refractivity contribution >= 4 is 5.78 Å². The van der Waals surface area contributed by atoms with E-state index in [0.29, 0.717) is 11.1 Å². The Kier molecular flexibility index (Phi) is 3.79. The van der Waals surface area contributed by atoms with Gasteiger partial charge >= 0.3 is 0 Å². The molecule has 0 N–H and O–H groups in total. The molecule has 1 aromatic carbocycles. The van der Waals surface area contributed by atoms with E-state index in [-0.39, 0.29) is 12.2 Å². The molecule has 0 saturated heterocycles. The van der Waals surface area contributed by atoms with Gasteiger partial charge in [-0.15, -0.1) is 0 Å². The molecule has 0 atom stereocenters. The number of rotatable bonds is 3. The molecule has 0 spiro atoms. The van der Waals surface area contributed by atoms with Crippen LogP contribution in [-0.4, -0.2) is 12.2 Å². The molecule has 1 aromatic rings. The predicted octanol–water partition coefficient (Wildman–Crippen LogP) is 3.72. The average molecular weight is 226 g/mol. The van der Waals surface area contributed by atoms with E-state index >= 15 is 0 Å². The van der Waals surface area contributed by atoms with Crippen molar-refractivity contribution in [3.8, 4) is 0 Å². The van der Waals surface area contributed by atoms with Crippen LogP contribution in [0.3, 0.4) is 0 Å². The van der Waals surface area contributed by atoms with Gasteiger partial charge < -0.3 is 0 Å². The van der Waals surface area contributed by atoms with Gasteiger partial charge in [0.05, 0.1) is 0 Å². The molecule has 0 aliphatic rings. The number of alkyl halides is 2. The second kappa shape index (κ2) is 4.73. The third kappa shape index (κ3) is 3.40. The molecule has 1 rings (SSSR count). The molecule has 0 aliphatic carbocycles. The van der Waals surface area contributed by atoms with Crippen molar-refractivity contribution in [3.05, 3.63) is 35.4 Å². The number of hydrogen-bond acceptors (Lipinski definition) is 1. The molecule has 0 aromatic heterocycles. The van der Waals surface area contributed by atoms with Crippen LogP contribution in [0.2, 0.25) is 0 Å². The Bertz CT molecular complexity index is 378. The number of carbonyl (C=O) groups is 1. The maximum absolute atomic E-state index is 12.2. The molecule has 3 heteroatoms. The highest BCUT2D eigenvalue weighted by Crippen LogP contribution is 2.21. The molecule has 88 valence electrons. The van der Waals surface area contributed by atoms with E-state index < -0.39 is 11.8 Å². The summed E-state index contributed by atoms with van der Waals surface area (Å²) in [4.78, 5) is 11.9. The van der Waals surface area contributed by atoms with E-state index in [2.05, 4.69) is 0 Å². The van der Waals surface area contributed by atoms with Crippen LogP contribution < -0.4 is 0 Å². The van der Waals surface area contributed by atoms with E-state index in [1.54, 1.807) is 24.3 Å². The van der Waals surface area contributed by atoms with Gasteiger partial charge in [0.15, 0.2) is 5.78 Å². The topological polar surface area (TPSA) is 17.1 Å². The second-order valence-corrected chi connectivity index (χ2v) is 4.87. The SMILES string of the molecule is CC(C)(C)C(=O)c1cccc(CC(F)F)c1. The first kappa shape index (κ1) is 12.8. The van der Waals surface area contributed by atoms with Crippen molar-refractivity contribution < 1.29 is 13.6 Å². The third-order valence-electron chi connectivity index (χ3n) is 2.26. The number of hydrogen-bond donors (Lipinski definition) is 0. The Morgan fingerprint density at radius 2 is 1.94 bits per heavy atom. The Morgan fingerprint density at radius 1 is 1.31 bits per heavy atom. The number of halogens is 2. The maximum Gasteiger partial charge on any atom is 0.242 e. The normalized spacial score (nSPS) is 11.9. The zero-order valence-electron chi connectivity index (χ0n) is 9.76. The third-order valence-corrected chi connectivity index (χ3v) is 2.26. The Labute approximate surface area is 94.5 Å². The molecule has 0 saturated carbocycles. The maximum atomic E-state index is 12.2. The van der Waals surface area contributed by atoms with Crippen LogP contribution in [0.1, 0.15) is 36.7 Å². The summed E-state index contributed by atoms with van der Waals surface area (Å²) >= 11 is 0. The summed E-state index contributed by atoms with van der Waals surface area (Å²) in [6.07, 6.45) is -2.68. The summed E-state index contributed by atoms with van der Waals surface area (Å²) in [5.74, 6) is -0.0244. The molecular formula is C13H16F2O. The van der Waals surface area contributed by atoms with E-state index in [0.717, 1.165) is 0 Å². The first-order valence-corrected chi connectivity index (χ1v) is 5.22. The van der Waals surface area contributed by atoms with Crippen LogP contribution in [0.15, 0.2) is 24.3 Å². The Hall–Kier alpha value is -1.25. The van der Waals surface area contributed by atoms with Gasteiger partial charge in [0.25, 0.3) is 0 Å². The molecule has 1 nitrogen and oxygen atoms in total. The first-order valence-electron chi connectivity index (χ1n) is 5.22. The number of Topliss-reactive ketones (excluding diaryl/α,β-unsaturated/α-hetero) is 1. The molecule has 0 amide bonds. The van der Waals surface area contributed by atoms with E-state index in [1.807, 2.05) is 20.8 Å². The molecule has 0 aliphatic heterocycles. The summed E-state index contributed by atoms with van der Waals surface area (Å²) in [5.41, 5.74) is 0.527. The van der Waals surface area contributed by atoms with Crippen LogP contribution in [0.5, 0.6) is 0 Å². The lowest BCUT2D eigenvalue weighted by molar-refractivity contribution is 0.0858. The summed E-state index contributed by atoms with van der Waals surface area (Å²) < 4.78 is 24.4. The highest BCUT2D eigenvalue weighted by molar-refractivity contribution is 5.99. The summed E-state index contributed by atoms with van der Waals surface area (Å²) in [7, 11) is 0. The minimum Gasteiger partial charge on any atom is -0.294 e. The van der Waals surface area contributed by atoms with E-state index in [4.69, 9.17) is 0 Å². The molecule has 0 bridgehead atoms. The summed E-state index contributed by atoms with van der Waals surface area (Å²) in [5, 5.41) is 0. The van der Waals surface area contributed by atoms with Crippen molar-refractivity contribution in [1.29, 1.82) is 0 Å². The van der Waals surface area contributed by atoms with Crippen molar-refractivity contribution in [1.82, 2.24) is 0 Å². The van der Waals surface area contributed by atoms with Crippen molar-refractivity contribution in [2.45, 2.75) is 33.6 Å². The number of benzene rings is 1. The Morgan fingerprint density at radius 3 is 2.44 bits per heavy atom. The van der Waals surface area contributed by atoms with Gasteiger partial charge in [-0.2, -0.15) is 0 Å². The first-order chi connectivity index (χ1) is 7.30. The van der Waals surface area contributed by atoms with Crippen LogP contribution in [0, 0.1) is 5.41 Å². The predicted molar refractivity (Wildman–Crippen MR) is 59.9 cm³/mol. The molecule has 0 heterocycles. The standard InChI is InChI=1S/C13H16F2O/c1-13(2,3)12(16)10-6-4-5-9(7-10)8-11(14)15/h4-7,11H,8H2,1-3H3. The highest BCUT2D eigenvalue weighted by Gasteiger charge is 2.22. The number of carbonyl (C=O) groups excluding carboxylic acids is 1. The van der Waals surface area contributed by atoms with Crippen molar-refractivity contribution in [2.75, 3.05) is 0 Å². The zero-order valence-corrected chi connectivity index (χ0v) is 9.76. The minimum absolute atomic E-state index is 0.0244. The minimum atomic E-state index is -2.38. The molecule has 16 heavy (non-hydrogen) atoms. The lowest BCUT2D eigenvalue weighted by atomic mass is 9.86. The zero-order chi connectivity index (χ0) is 12.3. The van der Waals surface area contributed by atoms with Crippen molar-refractivity contribution in [3.63, 3.8) is 0 Å². The van der Waals surface area contributed by atoms with Gasteiger partial charge in [-0.1, -0.05) is 39.0 Å². The van der Waals surface area contributed by atoms with E-state index in [9.17, 15) is 13.6 Å². The second-order valence-electron chi connectivity index (χ2n) is 4.87. The van der Waals surface area contributed by atoms with Gasteiger partial charge in [-0.25, -0.2) is 8.78 Å². The number of ketones is 1. The quantitative estimate of drug-likeness (QED) is 0.718. The summed E-state index contributed by atoms with van der Waals surface area (Å²) in [6, 6.07) is 6.49. The van der Waals surface area contributed by atoms with Gasteiger partial charge in [0, 0.05) is 17.4 Å². The molecule has 0 radical (unpaired) electrons. The highest BCUT2D eigenvalue weighted by atomic mass is 19.3. The lowest BCUT2D eigenvalue weighted by Gasteiger charge is -2.17. The Balaban J connectivity index is 2.95. The van der Waals surface area contributed by atoms with Crippen molar-refractivity contribution in [2.24, 2.45) is 5.41 Å². The lowest BCUT2D eigenvalue weighted by Crippen LogP contribution is -2.20. The smallest absolute Gasteiger partial charge is 0.242 e. The van der Waals surface area contributed by atoms with Crippen LogP contribution in [-0.2, 0) is 6.42 Å². The van der Waals surface area contributed by atoms with Crippen LogP contribution >= 0.6 is 0 Å². The van der Waals surface area contributed by atoms with Gasteiger partial charge in [0.1, 0.15) is 0 Å². The molecule has 0 fully saturated rings. The fourth-order valence-corrected chi connectivity index (χ4v) is 1.45. The van der Waals surface area contributed by atoms with E-state index in [1.165, 1.54) is 0 Å². The monoisotopic (exact) mass is 226 g/mol. The van der Waals surface area contributed by atoms with Crippen LogP contribution in [0.25, 0.3) is 0 Å². The average Bonchev–Trinajstić information content (AvgIpc) is 2.14. The fourth-order valence-electron chi connectivity index (χ4n) is 1.45. The fraction of sp³-hybridized carbons (Fsp3) is 0.462. The molecule has 0 unspecified atom stereocenters. The molecular weight excluding hydrogens is 210 g/mol. The van der Waals surface area contributed by atoms with Gasteiger partial charge in [-0.3, -0.25) is 4.79 Å². The summed E-state index contributed by atoms with van der Waals surface area (Å²) in [6.45, 7) is 5.44. The van der Waals surface area contributed by atoms with Gasteiger partial charge in [-0.05, 0) is 11.6 Å². The van der Waals surface area contributed by atoms with Gasteiger partial charge in [0.2, 0.25) is 6.43 Å². The largest absolute Gasteiger partial charge is 0.294 e.